The molecule has 1 heterocycles. The Labute approximate surface area is 206 Å². The molecule has 188 valence electrons. The largest absolute Gasteiger partial charge is 0.496 e. The second-order valence-corrected chi connectivity index (χ2v) is 9.15. The topological polar surface area (TPSA) is 47.6 Å². The van der Waals surface area contributed by atoms with Crippen molar-refractivity contribution in [2.45, 2.75) is 39.1 Å². The Balaban J connectivity index is 1.82. The van der Waals surface area contributed by atoms with Crippen LogP contribution in [0.25, 0.3) is 16.7 Å². The number of allylic oxidation sites excluding steroid dienone is 1. The van der Waals surface area contributed by atoms with Gasteiger partial charge in [0.05, 0.1) is 23.8 Å². The number of carbonyl (C=O) groups is 1. The van der Waals surface area contributed by atoms with E-state index in [-0.39, 0.29) is 17.9 Å². The molecule has 0 aromatic heterocycles. The number of halogens is 4. The highest BCUT2D eigenvalue weighted by molar-refractivity contribution is 5.92. The van der Waals surface area contributed by atoms with Crippen LogP contribution in [0.1, 0.15) is 47.8 Å². The number of hydrogen-bond acceptors (Lipinski definition) is 4. The molecule has 4 rings (SSSR count). The summed E-state index contributed by atoms with van der Waals surface area (Å²) < 4.78 is 65.1. The molecule has 0 fully saturated rings. The fraction of sp³-hybridized carbons (Fsp3) is 0.250. The summed E-state index contributed by atoms with van der Waals surface area (Å²) in [5, 5.41) is 3.41. The molecule has 1 aliphatic rings. The minimum atomic E-state index is -4.71. The zero-order chi connectivity index (χ0) is 26.3. The highest BCUT2D eigenvalue weighted by Gasteiger charge is 2.35. The summed E-state index contributed by atoms with van der Waals surface area (Å²) >= 11 is 0. The number of rotatable bonds is 5. The number of methoxy groups -OCH3 is 1. The number of carbonyl (C=O) groups excluding carboxylic acids is 1. The van der Waals surface area contributed by atoms with Crippen molar-refractivity contribution in [3.8, 4) is 16.9 Å². The lowest BCUT2D eigenvalue weighted by molar-refractivity contribution is -0.138. The third-order valence-corrected chi connectivity index (χ3v) is 6.00. The minimum absolute atomic E-state index is 0.274. The maximum Gasteiger partial charge on any atom is 0.417 e. The molecular formula is C28H25F4NO3. The van der Waals surface area contributed by atoms with Gasteiger partial charge < -0.3 is 14.8 Å². The van der Waals surface area contributed by atoms with Gasteiger partial charge in [0.15, 0.2) is 0 Å². The van der Waals surface area contributed by atoms with Crippen molar-refractivity contribution in [1.82, 2.24) is 0 Å². The third-order valence-electron chi connectivity index (χ3n) is 6.00. The summed E-state index contributed by atoms with van der Waals surface area (Å²) in [6.07, 6.45) is -2.69. The minimum Gasteiger partial charge on any atom is -0.496 e. The Kier molecular flexibility index (Phi) is 6.56. The van der Waals surface area contributed by atoms with Crippen LogP contribution < -0.4 is 10.1 Å². The van der Waals surface area contributed by atoms with Gasteiger partial charge in [0, 0.05) is 28.4 Å². The van der Waals surface area contributed by atoms with E-state index < -0.39 is 29.1 Å². The number of fused-ring (bicyclic) bond motifs is 1. The summed E-state index contributed by atoms with van der Waals surface area (Å²) in [7, 11) is 1.42. The Morgan fingerprint density at radius 2 is 1.72 bits per heavy atom. The number of hydrogen-bond donors (Lipinski definition) is 1. The van der Waals surface area contributed by atoms with Gasteiger partial charge in [0.1, 0.15) is 18.2 Å². The van der Waals surface area contributed by atoms with Crippen LogP contribution >= 0.6 is 0 Å². The average molecular weight is 500 g/mol. The molecule has 4 nitrogen and oxygen atoms in total. The van der Waals surface area contributed by atoms with Crippen molar-refractivity contribution in [2.75, 3.05) is 12.4 Å². The molecule has 8 heteroatoms. The van der Waals surface area contributed by atoms with Gasteiger partial charge >= 0.3 is 12.1 Å². The first-order valence-corrected chi connectivity index (χ1v) is 11.2. The summed E-state index contributed by atoms with van der Waals surface area (Å²) in [4.78, 5) is 12.8. The van der Waals surface area contributed by atoms with Gasteiger partial charge in [0.25, 0.3) is 0 Å². The maximum atomic E-state index is 13.9. The van der Waals surface area contributed by atoms with Crippen LogP contribution in [0.3, 0.4) is 0 Å². The van der Waals surface area contributed by atoms with E-state index in [0.29, 0.717) is 16.7 Å². The fourth-order valence-electron chi connectivity index (χ4n) is 4.61. The molecule has 0 atom stereocenters. The van der Waals surface area contributed by atoms with Crippen molar-refractivity contribution in [3.05, 3.63) is 88.7 Å². The maximum absolute atomic E-state index is 13.9. The molecule has 0 spiro atoms. The summed E-state index contributed by atoms with van der Waals surface area (Å²) in [5.74, 6) is -1.30. The average Bonchev–Trinajstić information content (AvgIpc) is 2.81. The lowest BCUT2D eigenvalue weighted by Gasteiger charge is -2.33. The zero-order valence-corrected chi connectivity index (χ0v) is 20.2. The van der Waals surface area contributed by atoms with E-state index in [2.05, 4.69) is 5.32 Å². The van der Waals surface area contributed by atoms with E-state index in [1.54, 1.807) is 12.1 Å². The van der Waals surface area contributed by atoms with Crippen LogP contribution in [-0.4, -0.2) is 18.6 Å². The van der Waals surface area contributed by atoms with E-state index in [1.165, 1.54) is 31.4 Å². The first kappa shape index (κ1) is 25.3. The van der Waals surface area contributed by atoms with E-state index in [1.807, 2.05) is 32.9 Å². The van der Waals surface area contributed by atoms with Gasteiger partial charge in [-0.1, -0.05) is 24.3 Å². The smallest absolute Gasteiger partial charge is 0.417 e. The third kappa shape index (κ3) is 4.94. The number of anilines is 1. The first-order chi connectivity index (χ1) is 16.9. The molecule has 0 radical (unpaired) electrons. The number of esters is 1. The van der Waals surface area contributed by atoms with Crippen molar-refractivity contribution in [3.63, 3.8) is 0 Å². The fourth-order valence-corrected chi connectivity index (χ4v) is 4.61. The summed E-state index contributed by atoms with van der Waals surface area (Å²) in [6, 6.07) is 12.3. The predicted molar refractivity (Wildman–Crippen MR) is 130 cm³/mol. The molecular weight excluding hydrogens is 474 g/mol. The highest BCUT2D eigenvalue weighted by atomic mass is 19.4. The van der Waals surface area contributed by atoms with Crippen molar-refractivity contribution < 1.29 is 31.8 Å². The molecule has 0 saturated heterocycles. The van der Waals surface area contributed by atoms with Crippen molar-refractivity contribution >= 4 is 17.2 Å². The van der Waals surface area contributed by atoms with E-state index in [0.717, 1.165) is 29.0 Å². The molecule has 3 aromatic carbocycles. The molecule has 1 N–H and O–H groups in total. The monoisotopic (exact) mass is 499 g/mol. The second kappa shape index (κ2) is 9.33. The van der Waals surface area contributed by atoms with Gasteiger partial charge in [-0.05, 0) is 62.2 Å². The SMILES string of the molecule is COc1cc(F)ccc1-c1ccc2c(c1COC(=O)c1ccccc1C(F)(F)F)C(C)=CC(C)(C)N2. The van der Waals surface area contributed by atoms with Crippen LogP contribution in [0.2, 0.25) is 0 Å². The first-order valence-electron chi connectivity index (χ1n) is 11.2. The Morgan fingerprint density at radius 1 is 1.03 bits per heavy atom. The molecule has 0 bridgehead atoms. The number of alkyl halides is 3. The Morgan fingerprint density at radius 3 is 2.42 bits per heavy atom. The Hall–Kier alpha value is -3.81. The number of nitrogens with one attached hydrogen (secondary N) is 1. The molecule has 0 aliphatic carbocycles. The molecule has 36 heavy (non-hydrogen) atoms. The normalized spacial score (nSPS) is 14.4. The van der Waals surface area contributed by atoms with Gasteiger partial charge in [-0.3, -0.25) is 0 Å². The zero-order valence-electron chi connectivity index (χ0n) is 20.2. The summed E-state index contributed by atoms with van der Waals surface area (Å²) in [5.41, 5.74) is 2.20. The van der Waals surface area contributed by atoms with E-state index >= 15 is 0 Å². The summed E-state index contributed by atoms with van der Waals surface area (Å²) in [6.45, 7) is 5.61. The molecule has 0 saturated carbocycles. The van der Waals surface area contributed by atoms with Crippen LogP contribution in [-0.2, 0) is 17.5 Å². The van der Waals surface area contributed by atoms with Gasteiger partial charge in [-0.25, -0.2) is 9.18 Å². The van der Waals surface area contributed by atoms with Gasteiger partial charge in [-0.2, -0.15) is 13.2 Å². The number of benzene rings is 3. The Bertz CT molecular complexity index is 1360. The second-order valence-electron chi connectivity index (χ2n) is 9.15. The molecule has 1 aliphatic heterocycles. The van der Waals surface area contributed by atoms with Crippen LogP contribution in [0.5, 0.6) is 5.75 Å². The van der Waals surface area contributed by atoms with E-state index in [4.69, 9.17) is 9.47 Å². The standard InChI is InChI=1S/C28H25F4NO3/c1-16-14-27(2,3)33-23-12-11-18(19-10-9-17(29)13-24(19)35-4)21(25(16)23)15-36-26(34)20-7-5-6-8-22(20)28(30,31)32/h5-14,33H,15H2,1-4H3. The van der Waals surface area contributed by atoms with Crippen LogP contribution in [0.15, 0.2) is 60.7 Å². The van der Waals surface area contributed by atoms with Crippen molar-refractivity contribution in [2.24, 2.45) is 0 Å². The molecule has 0 amide bonds. The molecule has 3 aromatic rings. The van der Waals surface area contributed by atoms with Gasteiger partial charge in [-0.15, -0.1) is 0 Å². The predicted octanol–water partition coefficient (Wildman–Crippen LogP) is 7.48. The van der Waals surface area contributed by atoms with E-state index in [9.17, 15) is 22.4 Å². The molecule has 0 unspecified atom stereocenters. The van der Waals surface area contributed by atoms with Crippen LogP contribution in [0.4, 0.5) is 23.2 Å². The lowest BCUT2D eigenvalue weighted by atomic mass is 9.85. The number of ether oxygens (including phenoxy) is 2. The van der Waals surface area contributed by atoms with Crippen molar-refractivity contribution in [1.29, 1.82) is 0 Å². The van der Waals surface area contributed by atoms with Crippen LogP contribution in [0, 0.1) is 5.82 Å². The quantitative estimate of drug-likeness (QED) is 0.292. The van der Waals surface area contributed by atoms with Gasteiger partial charge in [0.2, 0.25) is 0 Å². The highest BCUT2D eigenvalue weighted by Crippen LogP contribution is 2.43. The lowest BCUT2D eigenvalue weighted by Crippen LogP contribution is -2.32.